The highest BCUT2D eigenvalue weighted by Crippen LogP contribution is 2.15. The summed E-state index contributed by atoms with van der Waals surface area (Å²) in [5.41, 5.74) is 0. The van der Waals surface area contributed by atoms with Crippen molar-refractivity contribution in [2.75, 3.05) is 19.8 Å². The molecule has 1 atom stereocenters. The first-order chi connectivity index (χ1) is 7.81. The first kappa shape index (κ1) is 16.7. The van der Waals surface area contributed by atoms with Gasteiger partial charge >= 0.3 is 6.18 Å². The first-order valence-corrected chi connectivity index (χ1v) is 6.19. The van der Waals surface area contributed by atoms with Gasteiger partial charge in [-0.15, -0.1) is 0 Å². The molecule has 0 aliphatic rings. The molecule has 0 aliphatic heterocycles. The number of unbranched alkanes of at least 4 members (excludes halogenated alkanes) is 1. The molecule has 1 unspecified atom stereocenters. The van der Waals surface area contributed by atoms with Crippen LogP contribution < -0.4 is 5.32 Å². The third-order valence-electron chi connectivity index (χ3n) is 2.38. The summed E-state index contributed by atoms with van der Waals surface area (Å²) in [7, 11) is 0. The summed E-state index contributed by atoms with van der Waals surface area (Å²) in [6.45, 7) is 6.36. The Morgan fingerprint density at radius 3 is 2.29 bits per heavy atom. The van der Waals surface area contributed by atoms with Crippen LogP contribution in [0.3, 0.4) is 0 Å². The van der Waals surface area contributed by atoms with Crippen LogP contribution in [0.2, 0.25) is 0 Å². The second-order valence-electron chi connectivity index (χ2n) is 4.83. The quantitative estimate of drug-likeness (QED) is 0.638. The minimum atomic E-state index is -4.20. The van der Waals surface area contributed by atoms with Gasteiger partial charge in [-0.05, 0) is 25.3 Å². The Balaban J connectivity index is 3.28. The van der Waals surface area contributed by atoms with Crippen LogP contribution in [0.25, 0.3) is 0 Å². The topological polar surface area (TPSA) is 21.3 Å². The van der Waals surface area contributed by atoms with E-state index >= 15 is 0 Å². The Hall–Kier alpha value is -0.290. The van der Waals surface area contributed by atoms with Gasteiger partial charge in [0, 0.05) is 12.6 Å². The molecule has 0 saturated heterocycles. The van der Waals surface area contributed by atoms with Gasteiger partial charge in [0.1, 0.15) is 6.61 Å². The lowest BCUT2D eigenvalue weighted by Gasteiger charge is -2.14. The molecule has 0 amide bonds. The molecule has 0 heterocycles. The molecule has 0 aromatic carbocycles. The zero-order valence-electron chi connectivity index (χ0n) is 10.9. The molecule has 2 nitrogen and oxygen atoms in total. The maximum atomic E-state index is 11.7. The van der Waals surface area contributed by atoms with Gasteiger partial charge in [-0.2, -0.15) is 13.2 Å². The van der Waals surface area contributed by atoms with Crippen LogP contribution in [0.5, 0.6) is 0 Å². The summed E-state index contributed by atoms with van der Waals surface area (Å²) in [4.78, 5) is 0. The van der Waals surface area contributed by atoms with Gasteiger partial charge in [-0.1, -0.05) is 27.2 Å². The van der Waals surface area contributed by atoms with Crippen molar-refractivity contribution in [1.29, 1.82) is 0 Å². The second kappa shape index (κ2) is 8.75. The van der Waals surface area contributed by atoms with Crippen LogP contribution in [0.1, 0.15) is 40.0 Å². The minimum Gasteiger partial charge on any atom is -0.372 e. The van der Waals surface area contributed by atoms with Crippen molar-refractivity contribution < 1.29 is 17.9 Å². The third kappa shape index (κ3) is 13.6. The van der Waals surface area contributed by atoms with Gasteiger partial charge in [-0.3, -0.25) is 0 Å². The van der Waals surface area contributed by atoms with Crippen LogP contribution >= 0.6 is 0 Å². The third-order valence-corrected chi connectivity index (χ3v) is 2.38. The summed E-state index contributed by atoms with van der Waals surface area (Å²) in [6, 6.07) is 0.479. The van der Waals surface area contributed by atoms with Gasteiger partial charge in [0.15, 0.2) is 0 Å². The molecule has 17 heavy (non-hydrogen) atoms. The molecule has 0 aliphatic carbocycles. The average Bonchev–Trinajstić information content (AvgIpc) is 2.18. The van der Waals surface area contributed by atoms with Crippen LogP contribution in [-0.2, 0) is 4.74 Å². The van der Waals surface area contributed by atoms with E-state index in [1.165, 1.54) is 0 Å². The van der Waals surface area contributed by atoms with Gasteiger partial charge in [0.25, 0.3) is 0 Å². The predicted molar refractivity (Wildman–Crippen MR) is 63.0 cm³/mol. The maximum Gasteiger partial charge on any atom is 0.411 e. The van der Waals surface area contributed by atoms with Crippen LogP contribution in [0.4, 0.5) is 13.2 Å². The number of rotatable bonds is 9. The SMILES string of the molecule is CC(CCCCOCC(F)(F)F)CNC(C)C. The Bertz CT molecular complexity index is 183. The van der Waals surface area contributed by atoms with E-state index in [-0.39, 0.29) is 6.61 Å². The fourth-order valence-corrected chi connectivity index (χ4v) is 1.42. The van der Waals surface area contributed by atoms with Crippen molar-refractivity contribution in [1.82, 2.24) is 5.32 Å². The van der Waals surface area contributed by atoms with Crippen LogP contribution in [0, 0.1) is 5.92 Å². The number of nitrogens with one attached hydrogen (secondary N) is 1. The molecule has 0 aromatic heterocycles. The van der Waals surface area contributed by atoms with Crippen molar-refractivity contribution in [3.05, 3.63) is 0 Å². The van der Waals surface area contributed by atoms with E-state index in [9.17, 15) is 13.2 Å². The van der Waals surface area contributed by atoms with Crippen molar-refractivity contribution in [3.63, 3.8) is 0 Å². The van der Waals surface area contributed by atoms with E-state index in [1.54, 1.807) is 0 Å². The summed E-state index contributed by atoms with van der Waals surface area (Å²) in [6.07, 6.45) is -1.57. The van der Waals surface area contributed by atoms with E-state index in [0.717, 1.165) is 19.4 Å². The monoisotopic (exact) mass is 255 g/mol. The average molecular weight is 255 g/mol. The molecule has 104 valence electrons. The van der Waals surface area contributed by atoms with E-state index in [0.29, 0.717) is 18.4 Å². The summed E-state index contributed by atoms with van der Waals surface area (Å²) >= 11 is 0. The van der Waals surface area contributed by atoms with Crippen LogP contribution in [-0.4, -0.2) is 32.0 Å². The zero-order chi connectivity index (χ0) is 13.3. The minimum absolute atomic E-state index is 0.198. The molecular formula is C12H24F3NO. The standard InChI is InChI=1S/C12H24F3NO/c1-10(2)16-8-11(3)6-4-5-7-17-9-12(13,14)15/h10-11,16H,4-9H2,1-3H3. The molecule has 5 heteroatoms. The van der Waals surface area contributed by atoms with E-state index in [1.807, 2.05) is 0 Å². The van der Waals surface area contributed by atoms with Crippen molar-refractivity contribution >= 4 is 0 Å². The van der Waals surface area contributed by atoms with Gasteiger partial charge in [-0.25, -0.2) is 0 Å². The first-order valence-electron chi connectivity index (χ1n) is 6.19. The van der Waals surface area contributed by atoms with Crippen LogP contribution in [0.15, 0.2) is 0 Å². The number of ether oxygens (including phenoxy) is 1. The fraction of sp³-hybridized carbons (Fsp3) is 1.00. The number of halogens is 3. The predicted octanol–water partition coefficient (Wildman–Crippen LogP) is 3.37. The van der Waals surface area contributed by atoms with Gasteiger partial charge in [0.2, 0.25) is 0 Å². The normalized spacial score (nSPS) is 14.3. The number of hydrogen-bond donors (Lipinski definition) is 1. The highest BCUT2D eigenvalue weighted by Gasteiger charge is 2.27. The van der Waals surface area contributed by atoms with E-state index in [2.05, 4.69) is 30.8 Å². The van der Waals surface area contributed by atoms with Gasteiger partial charge in [0.05, 0.1) is 0 Å². The molecule has 0 saturated carbocycles. The maximum absolute atomic E-state index is 11.7. The molecule has 0 fully saturated rings. The van der Waals surface area contributed by atoms with Crippen molar-refractivity contribution in [3.8, 4) is 0 Å². The zero-order valence-corrected chi connectivity index (χ0v) is 10.9. The van der Waals surface area contributed by atoms with Crippen molar-refractivity contribution in [2.24, 2.45) is 5.92 Å². The van der Waals surface area contributed by atoms with Gasteiger partial charge < -0.3 is 10.1 Å². The largest absolute Gasteiger partial charge is 0.411 e. The summed E-state index contributed by atoms with van der Waals surface area (Å²) in [5, 5.41) is 3.34. The summed E-state index contributed by atoms with van der Waals surface area (Å²) in [5.74, 6) is 0.556. The van der Waals surface area contributed by atoms with E-state index in [4.69, 9.17) is 0 Å². The molecule has 0 rings (SSSR count). The summed E-state index contributed by atoms with van der Waals surface area (Å²) < 4.78 is 39.7. The molecule has 1 N–H and O–H groups in total. The Kier molecular flexibility index (Phi) is 8.60. The lowest BCUT2D eigenvalue weighted by Crippen LogP contribution is -2.27. The highest BCUT2D eigenvalue weighted by molar-refractivity contribution is 4.60. The van der Waals surface area contributed by atoms with Crippen molar-refractivity contribution in [2.45, 2.75) is 52.3 Å². The smallest absolute Gasteiger partial charge is 0.372 e. The van der Waals surface area contributed by atoms with E-state index < -0.39 is 12.8 Å². The Morgan fingerprint density at radius 1 is 1.12 bits per heavy atom. The fourth-order valence-electron chi connectivity index (χ4n) is 1.42. The number of hydrogen-bond acceptors (Lipinski definition) is 2. The lowest BCUT2D eigenvalue weighted by atomic mass is 10.0. The molecular weight excluding hydrogens is 231 g/mol. The molecule has 0 radical (unpaired) electrons. The highest BCUT2D eigenvalue weighted by atomic mass is 19.4. The molecule has 0 spiro atoms. The lowest BCUT2D eigenvalue weighted by molar-refractivity contribution is -0.174. The molecule has 0 aromatic rings. The Labute approximate surface area is 102 Å². The Morgan fingerprint density at radius 2 is 1.76 bits per heavy atom. The number of alkyl halides is 3. The molecule has 0 bridgehead atoms. The second-order valence-corrected chi connectivity index (χ2v) is 4.83.